The first kappa shape index (κ1) is 25.2. The number of aliphatic hydroxyl groups excluding tert-OH is 1. The number of aliphatic hydroxyl groups is 1. The van der Waals surface area contributed by atoms with Crippen LogP contribution >= 0.6 is 0 Å². The van der Waals surface area contributed by atoms with Gasteiger partial charge in [-0.1, -0.05) is 68.3 Å². The Bertz CT molecular complexity index is 1350. The first-order chi connectivity index (χ1) is 17.0. The fourth-order valence-electron chi connectivity index (χ4n) is 4.66. The number of anilines is 1. The van der Waals surface area contributed by atoms with Gasteiger partial charge in [-0.3, -0.25) is 14.5 Å². The van der Waals surface area contributed by atoms with Crippen molar-refractivity contribution in [2.75, 3.05) is 11.5 Å². The third-order valence-corrected chi connectivity index (χ3v) is 6.48. The van der Waals surface area contributed by atoms with Crippen molar-refractivity contribution in [3.05, 3.63) is 100 Å². The molecule has 1 N–H and O–H groups in total. The summed E-state index contributed by atoms with van der Waals surface area (Å²) >= 11 is 0. The molecule has 0 radical (unpaired) electrons. The van der Waals surface area contributed by atoms with Crippen LogP contribution in [0.4, 0.5) is 5.69 Å². The van der Waals surface area contributed by atoms with Crippen molar-refractivity contribution in [3.63, 3.8) is 0 Å². The Labute approximate surface area is 213 Å². The highest BCUT2D eigenvalue weighted by molar-refractivity contribution is 6.51. The van der Waals surface area contributed by atoms with E-state index in [1.807, 2.05) is 81.4 Å². The summed E-state index contributed by atoms with van der Waals surface area (Å²) in [5, 5.41) is 11.6. The molecule has 5 heteroatoms. The minimum atomic E-state index is -0.753. The molecule has 1 saturated heterocycles. The number of benzene rings is 3. The van der Waals surface area contributed by atoms with E-state index in [1.54, 1.807) is 6.07 Å². The van der Waals surface area contributed by atoms with Crippen molar-refractivity contribution >= 4 is 23.1 Å². The van der Waals surface area contributed by atoms with Crippen molar-refractivity contribution in [3.8, 4) is 5.75 Å². The molecule has 1 aliphatic heterocycles. The molecule has 1 atom stereocenters. The number of amides is 1. The second kappa shape index (κ2) is 9.65. The Morgan fingerprint density at radius 3 is 2.25 bits per heavy atom. The fourth-order valence-corrected chi connectivity index (χ4v) is 4.66. The van der Waals surface area contributed by atoms with E-state index in [1.165, 1.54) is 4.90 Å². The molecule has 1 heterocycles. The minimum absolute atomic E-state index is 0.0789. The molecule has 4 rings (SSSR count). The minimum Gasteiger partial charge on any atom is -0.507 e. The zero-order valence-electron chi connectivity index (χ0n) is 21.8. The van der Waals surface area contributed by atoms with E-state index >= 15 is 0 Å². The van der Waals surface area contributed by atoms with E-state index in [0.29, 0.717) is 17.9 Å². The number of ketones is 1. The molecule has 5 nitrogen and oxygen atoms in total. The SMILES string of the molecule is CCOc1ccc(/C(O)=C2/C(=O)C(=O)N(c3ccc(C)cc3)C2c2cccc(C)c2)cc1C(C)(C)C. The van der Waals surface area contributed by atoms with E-state index in [-0.39, 0.29) is 16.7 Å². The van der Waals surface area contributed by atoms with Crippen LogP contribution in [0.5, 0.6) is 5.75 Å². The quantitative estimate of drug-likeness (QED) is 0.251. The highest BCUT2D eigenvalue weighted by atomic mass is 16.5. The summed E-state index contributed by atoms with van der Waals surface area (Å²) in [6, 6.07) is 19.8. The van der Waals surface area contributed by atoms with Gasteiger partial charge in [0.2, 0.25) is 0 Å². The highest BCUT2D eigenvalue weighted by Crippen LogP contribution is 2.43. The van der Waals surface area contributed by atoms with E-state index in [9.17, 15) is 14.7 Å². The first-order valence-corrected chi connectivity index (χ1v) is 12.2. The molecule has 36 heavy (non-hydrogen) atoms. The van der Waals surface area contributed by atoms with E-state index < -0.39 is 17.7 Å². The molecule has 0 spiro atoms. The number of rotatable bonds is 5. The van der Waals surface area contributed by atoms with Gasteiger partial charge in [0, 0.05) is 16.8 Å². The van der Waals surface area contributed by atoms with Gasteiger partial charge in [-0.25, -0.2) is 0 Å². The predicted molar refractivity (Wildman–Crippen MR) is 143 cm³/mol. The zero-order valence-corrected chi connectivity index (χ0v) is 21.8. The molecule has 3 aromatic carbocycles. The van der Waals surface area contributed by atoms with Gasteiger partial charge < -0.3 is 9.84 Å². The standard InChI is InChI=1S/C31H33NO4/c1-7-36-25-16-13-22(18-24(25)31(4,5)6)28(33)26-27(21-10-8-9-20(3)17-21)32(30(35)29(26)34)23-14-11-19(2)12-15-23/h8-18,27,33H,7H2,1-6H3/b28-26-. The third kappa shape index (κ3) is 4.66. The highest BCUT2D eigenvalue weighted by Gasteiger charge is 2.47. The Kier molecular flexibility index (Phi) is 6.77. The summed E-state index contributed by atoms with van der Waals surface area (Å²) < 4.78 is 5.82. The van der Waals surface area contributed by atoms with Crippen LogP contribution in [0, 0.1) is 13.8 Å². The van der Waals surface area contributed by atoms with Crippen molar-refractivity contribution in [1.82, 2.24) is 0 Å². The molecule has 1 aliphatic rings. The monoisotopic (exact) mass is 483 g/mol. The van der Waals surface area contributed by atoms with E-state index in [2.05, 4.69) is 20.8 Å². The number of carbonyl (C=O) groups excluding carboxylic acids is 2. The summed E-state index contributed by atoms with van der Waals surface area (Å²) in [4.78, 5) is 28.3. The average Bonchev–Trinajstić information content (AvgIpc) is 3.09. The fraction of sp³-hybridized carbons (Fsp3) is 0.290. The van der Waals surface area contributed by atoms with Gasteiger partial charge in [0.25, 0.3) is 11.7 Å². The van der Waals surface area contributed by atoms with Crippen LogP contribution in [-0.2, 0) is 15.0 Å². The third-order valence-electron chi connectivity index (χ3n) is 6.48. The lowest BCUT2D eigenvalue weighted by atomic mass is 9.84. The van der Waals surface area contributed by atoms with Crippen LogP contribution in [0.3, 0.4) is 0 Å². The molecule has 0 saturated carbocycles. The molecule has 1 fully saturated rings. The first-order valence-electron chi connectivity index (χ1n) is 12.2. The molecular weight excluding hydrogens is 450 g/mol. The summed E-state index contributed by atoms with van der Waals surface area (Å²) in [5.41, 5.74) is 4.62. The molecule has 1 unspecified atom stereocenters. The smallest absolute Gasteiger partial charge is 0.300 e. The van der Waals surface area contributed by atoms with E-state index in [0.717, 1.165) is 28.0 Å². The largest absolute Gasteiger partial charge is 0.507 e. The lowest BCUT2D eigenvalue weighted by Gasteiger charge is -2.26. The van der Waals surface area contributed by atoms with Crippen LogP contribution < -0.4 is 9.64 Å². The van der Waals surface area contributed by atoms with Gasteiger partial charge in [-0.15, -0.1) is 0 Å². The number of ether oxygens (including phenoxy) is 1. The molecule has 0 aliphatic carbocycles. The molecular formula is C31H33NO4. The number of Topliss-reactive ketones (excluding diaryl/α,β-unsaturated/α-hetero) is 1. The van der Waals surface area contributed by atoms with Crippen LogP contribution in [0.2, 0.25) is 0 Å². The van der Waals surface area contributed by atoms with Gasteiger partial charge in [-0.05, 0) is 62.1 Å². The Balaban J connectivity index is 1.95. The lowest BCUT2D eigenvalue weighted by molar-refractivity contribution is -0.132. The number of aryl methyl sites for hydroxylation is 2. The number of nitrogens with zero attached hydrogens (tertiary/aromatic N) is 1. The summed E-state index contributed by atoms with van der Waals surface area (Å²) in [7, 11) is 0. The van der Waals surface area contributed by atoms with Crippen molar-refractivity contribution in [2.45, 2.75) is 53.0 Å². The molecule has 1 amide bonds. The molecule has 0 bridgehead atoms. The lowest BCUT2D eigenvalue weighted by Crippen LogP contribution is -2.29. The van der Waals surface area contributed by atoms with Crippen LogP contribution in [-0.4, -0.2) is 23.4 Å². The Morgan fingerprint density at radius 1 is 0.944 bits per heavy atom. The molecule has 0 aromatic heterocycles. The number of hydrogen-bond donors (Lipinski definition) is 1. The van der Waals surface area contributed by atoms with E-state index in [4.69, 9.17) is 4.74 Å². The maximum Gasteiger partial charge on any atom is 0.300 e. The molecule has 3 aromatic rings. The van der Waals surface area contributed by atoms with Crippen molar-refractivity contribution in [1.29, 1.82) is 0 Å². The Morgan fingerprint density at radius 2 is 1.64 bits per heavy atom. The topological polar surface area (TPSA) is 66.8 Å². The van der Waals surface area contributed by atoms with Crippen molar-refractivity contribution < 1.29 is 19.4 Å². The number of carbonyl (C=O) groups is 2. The van der Waals surface area contributed by atoms with Crippen LogP contribution in [0.15, 0.2) is 72.3 Å². The predicted octanol–water partition coefficient (Wildman–Crippen LogP) is 6.63. The summed E-state index contributed by atoms with van der Waals surface area (Å²) in [6.07, 6.45) is 0. The Hall–Kier alpha value is -3.86. The average molecular weight is 484 g/mol. The van der Waals surface area contributed by atoms with Gasteiger partial charge in [-0.2, -0.15) is 0 Å². The normalized spacial score (nSPS) is 17.5. The summed E-state index contributed by atoms with van der Waals surface area (Å²) in [5.74, 6) is -0.820. The van der Waals surface area contributed by atoms with Crippen molar-refractivity contribution in [2.24, 2.45) is 0 Å². The van der Waals surface area contributed by atoms with Gasteiger partial charge >= 0.3 is 0 Å². The molecule has 186 valence electrons. The van der Waals surface area contributed by atoms with Gasteiger partial charge in [0.15, 0.2) is 0 Å². The maximum atomic E-state index is 13.5. The van der Waals surface area contributed by atoms with Crippen LogP contribution in [0.1, 0.15) is 61.6 Å². The maximum absolute atomic E-state index is 13.5. The summed E-state index contributed by atoms with van der Waals surface area (Å²) in [6.45, 7) is 12.6. The van der Waals surface area contributed by atoms with Gasteiger partial charge in [0.05, 0.1) is 18.2 Å². The second-order valence-electron chi connectivity index (χ2n) is 10.3. The van der Waals surface area contributed by atoms with Crippen LogP contribution in [0.25, 0.3) is 5.76 Å². The van der Waals surface area contributed by atoms with Gasteiger partial charge in [0.1, 0.15) is 11.5 Å². The zero-order chi connectivity index (χ0) is 26.2. The number of hydrogen-bond acceptors (Lipinski definition) is 4. The second-order valence-corrected chi connectivity index (χ2v) is 10.3.